The zero-order chi connectivity index (χ0) is 21.3. The lowest BCUT2D eigenvalue weighted by Gasteiger charge is -2.22. The van der Waals surface area contributed by atoms with Crippen molar-refractivity contribution in [2.45, 2.75) is 25.5 Å². The van der Waals surface area contributed by atoms with E-state index in [1.54, 1.807) is 13.1 Å². The first-order valence-electron chi connectivity index (χ1n) is 9.83. The van der Waals surface area contributed by atoms with Crippen molar-refractivity contribution in [3.63, 3.8) is 0 Å². The Balaban J connectivity index is 1.53. The molecule has 0 spiro atoms. The number of anilines is 1. The number of rotatable bonds is 5. The number of carbonyl (C=O) groups excluding carboxylic acids is 1. The Morgan fingerprint density at radius 3 is 2.67 bits per heavy atom. The lowest BCUT2D eigenvalue weighted by molar-refractivity contribution is -0.134. The summed E-state index contributed by atoms with van der Waals surface area (Å²) in [6.07, 6.45) is 2.19. The molecule has 1 N–H and O–H groups in total. The van der Waals surface area contributed by atoms with Crippen molar-refractivity contribution in [3.05, 3.63) is 76.9 Å². The fraction of sp³-hybridized carbons (Fsp3) is 0.250. The average molecular weight is 422 g/mol. The Kier molecular flexibility index (Phi) is 5.39. The van der Waals surface area contributed by atoms with Gasteiger partial charge in [-0.25, -0.2) is 4.98 Å². The van der Waals surface area contributed by atoms with Crippen LogP contribution in [0.4, 0.5) is 5.69 Å². The number of nitrogens with one attached hydrogen (secondary N) is 1. The molecule has 4 rings (SSSR count). The van der Waals surface area contributed by atoms with E-state index in [0.717, 1.165) is 27.9 Å². The number of aromatic nitrogens is 1. The maximum absolute atomic E-state index is 13.0. The standard InChI is InChI=1S/C24H24ClN3O2/c1-24(23(29)27-15-16-5-4-6-18(25)13-16)14-21-20(11-12-26-22(21)30-24)17-7-9-19(10-8-17)28(2)3/h4-13H,14-15H2,1-3H3,(H,27,29). The van der Waals surface area contributed by atoms with E-state index >= 15 is 0 Å². The van der Waals surface area contributed by atoms with Gasteiger partial charge in [-0.3, -0.25) is 4.79 Å². The zero-order valence-electron chi connectivity index (χ0n) is 17.3. The van der Waals surface area contributed by atoms with Gasteiger partial charge in [-0.05, 0) is 53.9 Å². The molecule has 1 aliphatic rings. The van der Waals surface area contributed by atoms with Crippen LogP contribution in [0.2, 0.25) is 5.02 Å². The molecule has 1 aromatic heterocycles. The molecule has 0 fully saturated rings. The number of hydrogen-bond donors (Lipinski definition) is 1. The lowest BCUT2D eigenvalue weighted by atomic mass is 9.93. The van der Waals surface area contributed by atoms with Crippen molar-refractivity contribution in [3.8, 4) is 17.0 Å². The summed E-state index contributed by atoms with van der Waals surface area (Å²) in [7, 11) is 4.03. The first-order valence-corrected chi connectivity index (χ1v) is 10.2. The van der Waals surface area contributed by atoms with Gasteiger partial charge in [0.2, 0.25) is 5.88 Å². The quantitative estimate of drug-likeness (QED) is 0.660. The number of halogens is 1. The van der Waals surface area contributed by atoms with Crippen LogP contribution in [0.5, 0.6) is 5.88 Å². The topological polar surface area (TPSA) is 54.5 Å². The summed E-state index contributed by atoms with van der Waals surface area (Å²) in [5.41, 5.74) is 4.13. The Morgan fingerprint density at radius 2 is 1.97 bits per heavy atom. The number of nitrogens with zero attached hydrogens (tertiary/aromatic N) is 2. The Bertz CT molecular complexity index is 1080. The molecule has 1 unspecified atom stereocenters. The molecule has 2 heterocycles. The van der Waals surface area contributed by atoms with Crippen LogP contribution >= 0.6 is 11.6 Å². The largest absolute Gasteiger partial charge is 0.461 e. The van der Waals surface area contributed by atoms with E-state index < -0.39 is 5.60 Å². The fourth-order valence-electron chi connectivity index (χ4n) is 3.67. The van der Waals surface area contributed by atoms with Crippen LogP contribution < -0.4 is 15.0 Å². The van der Waals surface area contributed by atoms with Crippen LogP contribution in [0.25, 0.3) is 11.1 Å². The van der Waals surface area contributed by atoms with E-state index in [-0.39, 0.29) is 5.91 Å². The molecular formula is C24H24ClN3O2. The zero-order valence-corrected chi connectivity index (χ0v) is 18.0. The normalized spacial score (nSPS) is 17.2. The molecule has 3 aromatic rings. The van der Waals surface area contributed by atoms with Crippen LogP contribution in [0, 0.1) is 0 Å². The number of carbonyl (C=O) groups is 1. The van der Waals surface area contributed by atoms with Crippen LogP contribution in [-0.4, -0.2) is 30.6 Å². The summed E-state index contributed by atoms with van der Waals surface area (Å²) in [5.74, 6) is 0.346. The highest BCUT2D eigenvalue weighted by Gasteiger charge is 2.43. The smallest absolute Gasteiger partial charge is 0.264 e. The average Bonchev–Trinajstić information content (AvgIpc) is 3.09. The molecule has 6 heteroatoms. The van der Waals surface area contributed by atoms with Crippen molar-refractivity contribution in [2.75, 3.05) is 19.0 Å². The van der Waals surface area contributed by atoms with Gasteiger partial charge in [-0.2, -0.15) is 0 Å². The SMILES string of the molecule is CN(C)c1ccc(-c2ccnc3c2CC(C)(C(=O)NCc2cccc(Cl)c2)O3)cc1. The number of hydrogen-bond acceptors (Lipinski definition) is 4. The first kappa shape index (κ1) is 20.2. The van der Waals surface area contributed by atoms with Crippen LogP contribution in [0.1, 0.15) is 18.1 Å². The van der Waals surface area contributed by atoms with Gasteiger partial charge in [0.25, 0.3) is 5.91 Å². The van der Waals surface area contributed by atoms with E-state index in [0.29, 0.717) is 23.9 Å². The molecule has 1 amide bonds. The van der Waals surface area contributed by atoms with Gasteiger partial charge in [-0.15, -0.1) is 0 Å². The molecule has 154 valence electrons. The van der Waals surface area contributed by atoms with Gasteiger partial charge in [0.15, 0.2) is 5.60 Å². The predicted molar refractivity (Wildman–Crippen MR) is 120 cm³/mol. The fourth-order valence-corrected chi connectivity index (χ4v) is 3.88. The number of benzene rings is 2. The summed E-state index contributed by atoms with van der Waals surface area (Å²) in [6.45, 7) is 2.20. The number of fused-ring (bicyclic) bond motifs is 1. The second-order valence-electron chi connectivity index (χ2n) is 7.91. The Labute approximate surface area is 181 Å². The maximum atomic E-state index is 13.0. The highest BCUT2D eigenvalue weighted by atomic mass is 35.5. The minimum Gasteiger partial charge on any atom is -0.461 e. The molecule has 30 heavy (non-hydrogen) atoms. The summed E-state index contributed by atoms with van der Waals surface area (Å²) >= 11 is 6.03. The van der Waals surface area contributed by atoms with Gasteiger partial charge < -0.3 is 15.0 Å². The molecule has 0 saturated heterocycles. The van der Waals surface area contributed by atoms with Gasteiger partial charge in [0, 0.05) is 49.5 Å². The molecule has 0 bridgehead atoms. The second kappa shape index (κ2) is 8.00. The monoisotopic (exact) mass is 421 g/mol. The third-order valence-electron chi connectivity index (χ3n) is 5.37. The van der Waals surface area contributed by atoms with Gasteiger partial charge in [-0.1, -0.05) is 35.9 Å². The summed E-state index contributed by atoms with van der Waals surface area (Å²) in [5, 5.41) is 3.61. The summed E-state index contributed by atoms with van der Waals surface area (Å²) in [4.78, 5) is 19.4. The number of amides is 1. The van der Waals surface area contributed by atoms with Gasteiger partial charge in [0.1, 0.15) is 0 Å². The van der Waals surface area contributed by atoms with E-state index in [1.807, 2.05) is 44.4 Å². The highest BCUT2D eigenvalue weighted by Crippen LogP contribution is 2.39. The molecular weight excluding hydrogens is 398 g/mol. The van der Waals surface area contributed by atoms with Crippen LogP contribution in [0.15, 0.2) is 60.8 Å². The summed E-state index contributed by atoms with van der Waals surface area (Å²) in [6, 6.07) is 17.7. The number of pyridine rings is 1. The van der Waals surface area contributed by atoms with Crippen LogP contribution in [0.3, 0.4) is 0 Å². The Morgan fingerprint density at radius 1 is 1.20 bits per heavy atom. The van der Waals surface area contributed by atoms with Crippen LogP contribution in [-0.2, 0) is 17.8 Å². The van der Waals surface area contributed by atoms with Gasteiger partial charge in [0.05, 0.1) is 0 Å². The number of ether oxygens (including phenoxy) is 1. The van der Waals surface area contributed by atoms with Crippen molar-refractivity contribution in [1.29, 1.82) is 0 Å². The third-order valence-corrected chi connectivity index (χ3v) is 5.60. The van der Waals surface area contributed by atoms with Crippen molar-refractivity contribution < 1.29 is 9.53 Å². The molecule has 1 atom stereocenters. The molecule has 2 aromatic carbocycles. The molecule has 1 aliphatic heterocycles. The molecule has 0 saturated carbocycles. The minimum absolute atomic E-state index is 0.172. The first-order chi connectivity index (χ1) is 14.4. The lowest BCUT2D eigenvalue weighted by Crippen LogP contribution is -2.47. The molecule has 0 aliphatic carbocycles. The van der Waals surface area contributed by atoms with E-state index in [2.05, 4.69) is 39.5 Å². The van der Waals surface area contributed by atoms with Crippen molar-refractivity contribution in [2.24, 2.45) is 0 Å². The predicted octanol–water partition coefficient (Wildman–Crippen LogP) is 4.48. The maximum Gasteiger partial charge on any atom is 0.264 e. The van der Waals surface area contributed by atoms with E-state index in [1.165, 1.54) is 0 Å². The summed E-state index contributed by atoms with van der Waals surface area (Å²) < 4.78 is 6.04. The van der Waals surface area contributed by atoms with Crippen molar-refractivity contribution in [1.82, 2.24) is 10.3 Å². The van der Waals surface area contributed by atoms with Crippen molar-refractivity contribution >= 4 is 23.2 Å². The van der Waals surface area contributed by atoms with E-state index in [4.69, 9.17) is 16.3 Å². The van der Waals surface area contributed by atoms with E-state index in [9.17, 15) is 4.79 Å². The molecule has 5 nitrogen and oxygen atoms in total. The third kappa shape index (κ3) is 3.98. The minimum atomic E-state index is -1.01. The Hall–Kier alpha value is -3.05. The second-order valence-corrected chi connectivity index (χ2v) is 8.34. The van der Waals surface area contributed by atoms with Gasteiger partial charge >= 0.3 is 0 Å². The highest BCUT2D eigenvalue weighted by molar-refractivity contribution is 6.30. The molecule has 0 radical (unpaired) electrons.